The first-order valence-corrected chi connectivity index (χ1v) is 5.63. The molecule has 0 radical (unpaired) electrons. The van der Waals surface area contributed by atoms with Crippen LogP contribution in [0, 0.1) is 0 Å². The van der Waals surface area contributed by atoms with Crippen molar-refractivity contribution in [2.45, 2.75) is 24.7 Å². The van der Waals surface area contributed by atoms with Crippen molar-refractivity contribution < 1.29 is 13.0 Å². The van der Waals surface area contributed by atoms with Gasteiger partial charge in [-0.3, -0.25) is 4.55 Å². The topological polar surface area (TPSA) is 80.4 Å². The molecule has 0 aliphatic carbocycles. The summed E-state index contributed by atoms with van der Waals surface area (Å²) in [4.78, 5) is -0.234. The Bertz CT molecular complexity index is 437. The molecule has 4 nitrogen and oxygen atoms in total. The predicted octanol–water partition coefficient (Wildman–Crippen LogP) is 1.64. The van der Waals surface area contributed by atoms with Crippen LogP contribution in [0.25, 0.3) is 0 Å². The van der Waals surface area contributed by atoms with Crippen molar-refractivity contribution in [3.8, 4) is 0 Å². The van der Waals surface area contributed by atoms with E-state index in [2.05, 4.69) is 0 Å². The fraction of sp³-hybridized carbons (Fsp3) is 0.333. The highest BCUT2D eigenvalue weighted by molar-refractivity contribution is 7.86. The molecule has 0 aliphatic heterocycles. The molecule has 0 amide bonds. The van der Waals surface area contributed by atoms with Crippen molar-refractivity contribution in [3.05, 3.63) is 23.8 Å². The van der Waals surface area contributed by atoms with Crippen LogP contribution in [0.15, 0.2) is 23.1 Å². The highest BCUT2D eigenvalue weighted by Crippen LogP contribution is 2.23. The van der Waals surface area contributed by atoms with Gasteiger partial charge in [0.15, 0.2) is 0 Å². The second kappa shape index (κ2) is 3.59. The maximum atomic E-state index is 10.8. The maximum Gasteiger partial charge on any atom is 0.296 e. The average molecular weight is 215 g/mol. The van der Waals surface area contributed by atoms with E-state index < -0.39 is 10.1 Å². The third kappa shape index (κ3) is 2.24. The molecule has 0 aliphatic rings. The van der Waals surface area contributed by atoms with Crippen molar-refractivity contribution in [3.63, 3.8) is 0 Å². The van der Waals surface area contributed by atoms with E-state index in [-0.39, 0.29) is 16.5 Å². The van der Waals surface area contributed by atoms with E-state index in [1.165, 1.54) is 6.07 Å². The summed E-state index contributed by atoms with van der Waals surface area (Å²) in [6.07, 6.45) is 0. The van der Waals surface area contributed by atoms with Gasteiger partial charge in [-0.25, -0.2) is 0 Å². The van der Waals surface area contributed by atoms with E-state index in [0.717, 1.165) is 5.56 Å². The third-order valence-electron chi connectivity index (χ3n) is 1.98. The lowest BCUT2D eigenvalue weighted by Crippen LogP contribution is -2.04. The second-order valence-corrected chi connectivity index (χ2v) is 4.82. The van der Waals surface area contributed by atoms with Crippen molar-refractivity contribution >= 4 is 15.8 Å². The summed E-state index contributed by atoms with van der Waals surface area (Å²) in [5.41, 5.74) is 6.53. The smallest absolute Gasteiger partial charge is 0.296 e. The van der Waals surface area contributed by atoms with Crippen LogP contribution in [0.4, 0.5) is 5.69 Å². The van der Waals surface area contributed by atoms with Crippen LogP contribution in [-0.2, 0) is 10.1 Å². The Hall–Kier alpha value is -1.07. The van der Waals surface area contributed by atoms with Gasteiger partial charge in [0.25, 0.3) is 10.1 Å². The van der Waals surface area contributed by atoms with Crippen LogP contribution in [0.2, 0.25) is 0 Å². The highest BCUT2D eigenvalue weighted by atomic mass is 32.2. The van der Waals surface area contributed by atoms with Gasteiger partial charge in [0, 0.05) is 0 Å². The zero-order chi connectivity index (χ0) is 10.9. The minimum atomic E-state index is -4.20. The Kier molecular flexibility index (Phi) is 2.82. The van der Waals surface area contributed by atoms with E-state index in [9.17, 15) is 8.42 Å². The summed E-state index contributed by atoms with van der Waals surface area (Å²) in [6.45, 7) is 3.95. The van der Waals surface area contributed by atoms with Crippen molar-refractivity contribution in [1.82, 2.24) is 0 Å². The first kappa shape index (κ1) is 11.0. The lowest BCUT2D eigenvalue weighted by atomic mass is 10.0. The minimum Gasteiger partial charge on any atom is -0.398 e. The highest BCUT2D eigenvalue weighted by Gasteiger charge is 2.14. The molecule has 1 aromatic carbocycles. The van der Waals surface area contributed by atoms with Gasteiger partial charge < -0.3 is 5.73 Å². The van der Waals surface area contributed by atoms with Crippen molar-refractivity contribution in [2.75, 3.05) is 5.73 Å². The standard InChI is InChI=1S/C9H13NO3S/c1-6(2)7-3-4-9(8(10)5-7)14(11,12)13/h3-6H,10H2,1-2H3,(H,11,12,13). The van der Waals surface area contributed by atoms with Crippen LogP contribution in [0.3, 0.4) is 0 Å². The number of rotatable bonds is 2. The summed E-state index contributed by atoms with van der Waals surface area (Å²) in [7, 11) is -4.20. The van der Waals surface area contributed by atoms with Gasteiger partial charge in [-0.05, 0) is 23.6 Å². The number of hydrogen-bond donors (Lipinski definition) is 2. The summed E-state index contributed by atoms with van der Waals surface area (Å²) in [6, 6.07) is 4.53. The molecule has 0 unspecified atom stereocenters. The minimum absolute atomic E-state index is 0.0821. The van der Waals surface area contributed by atoms with Gasteiger partial charge in [-0.1, -0.05) is 19.9 Å². The Morgan fingerprint density at radius 2 is 1.93 bits per heavy atom. The molecular formula is C9H13NO3S. The van der Waals surface area contributed by atoms with Crippen LogP contribution < -0.4 is 5.73 Å². The van der Waals surface area contributed by atoms with Crippen LogP contribution in [0.5, 0.6) is 0 Å². The Labute approximate surface area is 83.5 Å². The largest absolute Gasteiger partial charge is 0.398 e. The predicted molar refractivity (Wildman–Crippen MR) is 54.8 cm³/mol. The van der Waals surface area contributed by atoms with Crippen LogP contribution >= 0.6 is 0 Å². The fourth-order valence-electron chi connectivity index (χ4n) is 1.16. The molecule has 78 valence electrons. The number of nitrogens with two attached hydrogens (primary N) is 1. The van der Waals surface area contributed by atoms with Crippen LogP contribution in [-0.4, -0.2) is 13.0 Å². The van der Waals surface area contributed by atoms with Crippen molar-refractivity contribution in [1.29, 1.82) is 0 Å². The summed E-state index contributed by atoms with van der Waals surface area (Å²) >= 11 is 0. The second-order valence-electron chi connectivity index (χ2n) is 3.43. The summed E-state index contributed by atoms with van der Waals surface area (Å²) < 4.78 is 30.4. The maximum absolute atomic E-state index is 10.8. The van der Waals surface area contributed by atoms with E-state index in [4.69, 9.17) is 10.3 Å². The third-order valence-corrected chi connectivity index (χ3v) is 2.91. The van der Waals surface area contributed by atoms with E-state index in [1.807, 2.05) is 13.8 Å². The molecule has 0 aromatic heterocycles. The van der Waals surface area contributed by atoms with Gasteiger partial charge in [0.05, 0.1) is 5.69 Å². The molecule has 0 saturated heterocycles. The lowest BCUT2D eigenvalue weighted by molar-refractivity contribution is 0.483. The molecule has 0 bridgehead atoms. The van der Waals surface area contributed by atoms with Gasteiger partial charge >= 0.3 is 0 Å². The Morgan fingerprint density at radius 3 is 2.29 bits per heavy atom. The monoisotopic (exact) mass is 215 g/mol. The SMILES string of the molecule is CC(C)c1ccc(S(=O)(=O)O)c(N)c1. The first-order valence-electron chi connectivity index (χ1n) is 4.19. The van der Waals surface area contributed by atoms with E-state index in [1.54, 1.807) is 12.1 Å². The average Bonchev–Trinajstić information content (AvgIpc) is 2.01. The molecule has 3 N–H and O–H groups in total. The molecule has 14 heavy (non-hydrogen) atoms. The molecule has 0 spiro atoms. The van der Waals surface area contributed by atoms with Gasteiger partial charge in [0.2, 0.25) is 0 Å². The van der Waals surface area contributed by atoms with Gasteiger partial charge in [-0.2, -0.15) is 8.42 Å². The molecule has 0 atom stereocenters. The zero-order valence-corrected chi connectivity index (χ0v) is 8.88. The molecule has 5 heteroatoms. The summed E-state index contributed by atoms with van der Waals surface area (Å²) in [5.74, 6) is 0.271. The molecule has 0 fully saturated rings. The Balaban J connectivity index is 3.28. The van der Waals surface area contributed by atoms with E-state index in [0.29, 0.717) is 0 Å². The van der Waals surface area contributed by atoms with Gasteiger partial charge in [-0.15, -0.1) is 0 Å². The number of nitrogen functional groups attached to an aromatic ring is 1. The van der Waals surface area contributed by atoms with E-state index >= 15 is 0 Å². The van der Waals surface area contributed by atoms with Crippen LogP contribution in [0.1, 0.15) is 25.3 Å². The normalized spacial score (nSPS) is 12.0. The number of benzene rings is 1. The molecular weight excluding hydrogens is 202 g/mol. The number of hydrogen-bond acceptors (Lipinski definition) is 3. The molecule has 1 rings (SSSR count). The van der Waals surface area contributed by atoms with Crippen molar-refractivity contribution in [2.24, 2.45) is 0 Å². The molecule has 0 saturated carbocycles. The lowest BCUT2D eigenvalue weighted by Gasteiger charge is -2.08. The fourth-order valence-corrected chi connectivity index (χ4v) is 1.76. The first-order chi connectivity index (χ1) is 6.32. The summed E-state index contributed by atoms with van der Waals surface area (Å²) in [5, 5.41) is 0. The number of anilines is 1. The Morgan fingerprint density at radius 1 is 1.36 bits per heavy atom. The van der Waals surface area contributed by atoms with Gasteiger partial charge in [0.1, 0.15) is 4.90 Å². The molecule has 0 heterocycles. The zero-order valence-electron chi connectivity index (χ0n) is 8.06. The molecule has 1 aromatic rings. The quantitative estimate of drug-likeness (QED) is 0.580.